The van der Waals surface area contributed by atoms with Gasteiger partial charge in [0.2, 0.25) is 0 Å². The molecule has 6 rings (SSSR count). The first kappa shape index (κ1) is 31.5. The molecule has 4 aromatic carbocycles. The van der Waals surface area contributed by atoms with Crippen molar-refractivity contribution >= 4 is 11.4 Å². The number of nitrogens with two attached hydrogens (primary N) is 2. The van der Waals surface area contributed by atoms with Gasteiger partial charge in [0.1, 0.15) is 0 Å². The Morgan fingerprint density at radius 2 is 0.800 bits per heavy atom. The molecule has 236 valence electrons. The van der Waals surface area contributed by atoms with Crippen LogP contribution in [0.5, 0.6) is 0 Å². The van der Waals surface area contributed by atoms with Crippen molar-refractivity contribution in [3.05, 3.63) is 130 Å². The Morgan fingerprint density at radius 3 is 1.18 bits per heavy atom. The van der Waals surface area contributed by atoms with Gasteiger partial charge in [0, 0.05) is 16.8 Å². The van der Waals surface area contributed by atoms with Gasteiger partial charge >= 0.3 is 0 Å². The third-order valence-electron chi connectivity index (χ3n) is 11.4. The van der Waals surface area contributed by atoms with Gasteiger partial charge in [-0.3, -0.25) is 0 Å². The molecule has 0 saturated heterocycles. The molecule has 4 N–H and O–H groups in total. The average Bonchev–Trinajstić information content (AvgIpc) is 3.08. The normalized spacial score (nSPS) is 20.2. The predicted molar refractivity (Wildman–Crippen MR) is 193 cm³/mol. The summed E-state index contributed by atoms with van der Waals surface area (Å²) in [6.07, 6.45) is 18.7. The number of nitrogen functional groups attached to an aromatic ring is 2. The van der Waals surface area contributed by atoms with E-state index in [1.807, 2.05) is 24.3 Å². The zero-order chi connectivity index (χ0) is 31.1. The summed E-state index contributed by atoms with van der Waals surface area (Å²) in [6, 6.07) is 35.8. The van der Waals surface area contributed by atoms with Crippen LogP contribution in [-0.4, -0.2) is 0 Å². The smallest absolute Gasteiger partial charge is 0.0314 e. The van der Waals surface area contributed by atoms with Crippen molar-refractivity contribution < 1.29 is 0 Å². The highest BCUT2D eigenvalue weighted by Gasteiger charge is 2.38. The van der Waals surface area contributed by atoms with Gasteiger partial charge in [-0.1, -0.05) is 131 Å². The molecule has 2 saturated carbocycles. The Kier molecular flexibility index (Phi) is 10.3. The molecule has 0 radical (unpaired) electrons. The van der Waals surface area contributed by atoms with E-state index in [1.54, 1.807) is 0 Å². The minimum atomic E-state index is 0.0914. The molecule has 0 heterocycles. The Balaban J connectivity index is 1.16. The molecule has 2 aliphatic rings. The predicted octanol–water partition coefficient (Wildman–Crippen LogP) is 10.9. The molecular formula is C43H54N2. The Morgan fingerprint density at radius 1 is 0.467 bits per heavy atom. The first-order valence-electron chi connectivity index (χ1n) is 17.9. The molecule has 2 aliphatic carbocycles. The van der Waals surface area contributed by atoms with Gasteiger partial charge in [-0.05, 0) is 114 Å². The molecule has 2 fully saturated rings. The maximum Gasteiger partial charge on any atom is 0.0314 e. The average molecular weight is 599 g/mol. The lowest BCUT2D eigenvalue weighted by atomic mass is 9.62. The summed E-state index contributed by atoms with van der Waals surface area (Å²) in [4.78, 5) is 0. The Hall–Kier alpha value is -3.52. The van der Waals surface area contributed by atoms with Crippen LogP contribution in [0.25, 0.3) is 0 Å². The fraction of sp³-hybridized carbons (Fsp3) is 0.442. The van der Waals surface area contributed by atoms with E-state index in [2.05, 4.69) is 79.7 Å². The summed E-state index contributed by atoms with van der Waals surface area (Å²) in [5.74, 6) is 2.87. The third kappa shape index (κ3) is 8.01. The Bertz CT molecular complexity index is 1360. The second-order valence-electron chi connectivity index (χ2n) is 14.5. The summed E-state index contributed by atoms with van der Waals surface area (Å²) in [5, 5.41) is 0. The van der Waals surface area contributed by atoms with Crippen LogP contribution in [0.15, 0.2) is 97.1 Å². The van der Waals surface area contributed by atoms with Crippen LogP contribution < -0.4 is 11.5 Å². The van der Waals surface area contributed by atoms with Crippen LogP contribution in [0.4, 0.5) is 11.4 Å². The summed E-state index contributed by atoms with van der Waals surface area (Å²) in [7, 11) is 0. The van der Waals surface area contributed by atoms with Crippen molar-refractivity contribution in [3.8, 4) is 0 Å². The standard InChI is InChI=1S/C43H54N2/c1-2-3-32-4-6-33(7-5-32)8-9-34-26-28-43(29-27-34,39-18-10-35(11-19-39)30-37-14-22-41(44)23-15-37)40-20-12-36(13-21-40)31-38-16-24-42(45)25-17-38/h10-25,32-34H,2-9,26-31,44-45H2,1H3/t32-,33-. The SMILES string of the molecule is CCC[C@H]1CC[C@H](CCC2CCC(c3ccc(Cc4ccc(N)cc4)cc3)(c3ccc(Cc4ccc(N)cc4)cc3)CC2)CC1. The minimum Gasteiger partial charge on any atom is -0.399 e. The lowest BCUT2D eigenvalue weighted by Crippen LogP contribution is -2.33. The van der Waals surface area contributed by atoms with Crippen LogP contribution in [0.3, 0.4) is 0 Å². The minimum absolute atomic E-state index is 0.0914. The summed E-state index contributed by atoms with van der Waals surface area (Å²) in [5.41, 5.74) is 21.9. The van der Waals surface area contributed by atoms with Gasteiger partial charge < -0.3 is 11.5 Å². The monoisotopic (exact) mass is 598 g/mol. The highest BCUT2D eigenvalue weighted by atomic mass is 14.5. The zero-order valence-electron chi connectivity index (χ0n) is 27.5. The van der Waals surface area contributed by atoms with E-state index in [9.17, 15) is 0 Å². The molecule has 0 aliphatic heterocycles. The van der Waals surface area contributed by atoms with E-state index in [0.717, 1.165) is 42.0 Å². The molecule has 4 aromatic rings. The van der Waals surface area contributed by atoms with Crippen LogP contribution in [0.1, 0.15) is 117 Å². The molecule has 0 unspecified atom stereocenters. The van der Waals surface area contributed by atoms with Crippen molar-refractivity contribution in [2.24, 2.45) is 17.8 Å². The molecular weight excluding hydrogens is 544 g/mol. The number of hydrogen-bond donors (Lipinski definition) is 2. The van der Waals surface area contributed by atoms with Crippen LogP contribution in [0, 0.1) is 17.8 Å². The van der Waals surface area contributed by atoms with Crippen molar-refractivity contribution in [2.45, 2.75) is 102 Å². The maximum atomic E-state index is 5.92. The van der Waals surface area contributed by atoms with Gasteiger partial charge in [-0.25, -0.2) is 0 Å². The lowest BCUT2D eigenvalue weighted by molar-refractivity contribution is 0.210. The zero-order valence-corrected chi connectivity index (χ0v) is 27.5. The summed E-state index contributed by atoms with van der Waals surface area (Å²) in [6.45, 7) is 2.35. The lowest BCUT2D eigenvalue weighted by Gasteiger charge is -2.42. The fourth-order valence-electron chi connectivity index (χ4n) is 8.52. The molecule has 2 heteroatoms. The van der Waals surface area contributed by atoms with Crippen molar-refractivity contribution in [3.63, 3.8) is 0 Å². The topological polar surface area (TPSA) is 52.0 Å². The van der Waals surface area contributed by atoms with Gasteiger partial charge in [-0.2, -0.15) is 0 Å². The number of hydrogen-bond acceptors (Lipinski definition) is 2. The van der Waals surface area contributed by atoms with Crippen LogP contribution in [-0.2, 0) is 18.3 Å². The van der Waals surface area contributed by atoms with E-state index < -0.39 is 0 Å². The molecule has 0 bridgehead atoms. The quantitative estimate of drug-likeness (QED) is 0.169. The van der Waals surface area contributed by atoms with Crippen LogP contribution >= 0.6 is 0 Å². The van der Waals surface area contributed by atoms with E-state index in [4.69, 9.17) is 11.5 Å². The first-order valence-corrected chi connectivity index (χ1v) is 17.9. The number of anilines is 2. The van der Waals surface area contributed by atoms with Gasteiger partial charge in [-0.15, -0.1) is 0 Å². The van der Waals surface area contributed by atoms with E-state index in [0.29, 0.717) is 0 Å². The third-order valence-corrected chi connectivity index (χ3v) is 11.4. The molecule has 45 heavy (non-hydrogen) atoms. The second kappa shape index (κ2) is 14.7. The Labute approximate surface area is 272 Å². The number of rotatable bonds is 11. The fourth-order valence-corrected chi connectivity index (χ4v) is 8.52. The summed E-state index contributed by atoms with van der Waals surface area (Å²) >= 11 is 0. The molecule has 0 spiro atoms. The van der Waals surface area contributed by atoms with Gasteiger partial charge in [0.25, 0.3) is 0 Å². The van der Waals surface area contributed by atoms with E-state index >= 15 is 0 Å². The highest BCUT2D eigenvalue weighted by Crippen LogP contribution is 2.48. The molecule has 0 aromatic heterocycles. The van der Waals surface area contributed by atoms with E-state index in [-0.39, 0.29) is 5.41 Å². The molecule has 0 atom stereocenters. The van der Waals surface area contributed by atoms with E-state index in [1.165, 1.54) is 110 Å². The largest absolute Gasteiger partial charge is 0.399 e. The first-order chi connectivity index (χ1) is 22.0. The molecule has 2 nitrogen and oxygen atoms in total. The van der Waals surface area contributed by atoms with Gasteiger partial charge in [0.15, 0.2) is 0 Å². The van der Waals surface area contributed by atoms with Gasteiger partial charge in [0.05, 0.1) is 0 Å². The van der Waals surface area contributed by atoms with Crippen molar-refractivity contribution in [2.75, 3.05) is 11.5 Å². The van der Waals surface area contributed by atoms with Crippen molar-refractivity contribution in [1.82, 2.24) is 0 Å². The highest BCUT2D eigenvalue weighted by molar-refractivity contribution is 5.45. The maximum absolute atomic E-state index is 5.92. The summed E-state index contributed by atoms with van der Waals surface area (Å²) < 4.78 is 0. The second-order valence-corrected chi connectivity index (χ2v) is 14.5. The molecule has 0 amide bonds. The van der Waals surface area contributed by atoms with Crippen molar-refractivity contribution in [1.29, 1.82) is 0 Å². The number of benzene rings is 4. The van der Waals surface area contributed by atoms with Crippen LogP contribution in [0.2, 0.25) is 0 Å².